The summed E-state index contributed by atoms with van der Waals surface area (Å²) in [6, 6.07) is 17.3. The molecule has 0 spiro atoms. The SMILES string of the molecule is CC1=NN(c2ccccc2)C(=O)[C@H]1/C=C(/C#N)C(=O)Nc1ccc(Cl)cc1. The fourth-order valence-corrected chi connectivity index (χ4v) is 2.71. The van der Waals surface area contributed by atoms with Gasteiger partial charge >= 0.3 is 0 Å². The number of anilines is 2. The first-order chi connectivity index (χ1) is 13.0. The van der Waals surface area contributed by atoms with E-state index in [2.05, 4.69) is 10.4 Å². The monoisotopic (exact) mass is 378 g/mol. The van der Waals surface area contributed by atoms with E-state index in [0.717, 1.165) is 0 Å². The van der Waals surface area contributed by atoms with E-state index in [1.165, 1.54) is 11.1 Å². The van der Waals surface area contributed by atoms with Crippen LogP contribution in [0.5, 0.6) is 0 Å². The second-order valence-electron chi connectivity index (χ2n) is 5.86. The highest BCUT2D eigenvalue weighted by Gasteiger charge is 2.33. The first kappa shape index (κ1) is 18.4. The molecule has 134 valence electrons. The Hall–Kier alpha value is -3.43. The molecule has 1 atom stereocenters. The molecule has 1 aliphatic rings. The molecule has 0 bridgehead atoms. The number of amides is 2. The van der Waals surface area contributed by atoms with E-state index in [-0.39, 0.29) is 11.5 Å². The number of carbonyl (C=O) groups is 2. The highest BCUT2D eigenvalue weighted by Crippen LogP contribution is 2.25. The molecule has 2 aromatic carbocycles. The maximum atomic E-state index is 12.7. The van der Waals surface area contributed by atoms with Crippen LogP contribution in [0.3, 0.4) is 0 Å². The van der Waals surface area contributed by atoms with Gasteiger partial charge in [-0.1, -0.05) is 29.8 Å². The van der Waals surface area contributed by atoms with E-state index in [4.69, 9.17) is 11.6 Å². The summed E-state index contributed by atoms with van der Waals surface area (Å²) in [4.78, 5) is 25.1. The molecule has 1 N–H and O–H groups in total. The lowest BCUT2D eigenvalue weighted by molar-refractivity contribution is -0.118. The summed E-state index contributed by atoms with van der Waals surface area (Å²) < 4.78 is 0. The summed E-state index contributed by atoms with van der Waals surface area (Å²) in [6.07, 6.45) is 1.34. The van der Waals surface area contributed by atoms with Crippen LogP contribution in [0.2, 0.25) is 5.02 Å². The van der Waals surface area contributed by atoms with Gasteiger partial charge in [-0.05, 0) is 49.4 Å². The third-order valence-corrected chi connectivity index (χ3v) is 4.24. The molecule has 0 aliphatic carbocycles. The molecule has 27 heavy (non-hydrogen) atoms. The number of hydrazone groups is 1. The lowest BCUT2D eigenvalue weighted by atomic mass is 10.0. The van der Waals surface area contributed by atoms with Crippen molar-refractivity contribution in [3.05, 3.63) is 71.3 Å². The maximum Gasteiger partial charge on any atom is 0.266 e. The van der Waals surface area contributed by atoms with Crippen LogP contribution in [0.1, 0.15) is 6.92 Å². The van der Waals surface area contributed by atoms with Crippen molar-refractivity contribution in [1.29, 1.82) is 5.26 Å². The van der Waals surface area contributed by atoms with Crippen LogP contribution in [0.15, 0.2) is 71.3 Å². The van der Waals surface area contributed by atoms with Crippen LogP contribution in [-0.2, 0) is 9.59 Å². The Morgan fingerprint density at radius 3 is 2.52 bits per heavy atom. The van der Waals surface area contributed by atoms with Crippen molar-refractivity contribution in [3.8, 4) is 6.07 Å². The molecule has 0 fully saturated rings. The van der Waals surface area contributed by atoms with Gasteiger partial charge in [0.1, 0.15) is 11.6 Å². The summed E-state index contributed by atoms with van der Waals surface area (Å²) in [6.45, 7) is 1.69. The number of carbonyl (C=O) groups excluding carboxylic acids is 2. The predicted octanol–water partition coefficient (Wildman–Crippen LogP) is 3.77. The molecule has 6 nitrogen and oxygen atoms in total. The van der Waals surface area contributed by atoms with Crippen molar-refractivity contribution in [1.82, 2.24) is 0 Å². The van der Waals surface area contributed by atoms with Crippen molar-refractivity contribution in [3.63, 3.8) is 0 Å². The average Bonchev–Trinajstić information content (AvgIpc) is 2.96. The van der Waals surface area contributed by atoms with Crippen molar-refractivity contribution >= 4 is 40.5 Å². The molecule has 3 rings (SSSR count). The number of para-hydroxylation sites is 1. The number of nitrogens with one attached hydrogen (secondary N) is 1. The molecule has 0 unspecified atom stereocenters. The molecule has 0 aromatic heterocycles. The highest BCUT2D eigenvalue weighted by molar-refractivity contribution is 6.30. The average molecular weight is 379 g/mol. The quantitative estimate of drug-likeness (QED) is 0.649. The highest BCUT2D eigenvalue weighted by atomic mass is 35.5. The zero-order valence-corrected chi connectivity index (χ0v) is 15.1. The van der Waals surface area contributed by atoms with Gasteiger partial charge < -0.3 is 5.32 Å². The van der Waals surface area contributed by atoms with Crippen LogP contribution in [-0.4, -0.2) is 17.5 Å². The summed E-state index contributed by atoms with van der Waals surface area (Å²) in [7, 11) is 0. The van der Waals surface area contributed by atoms with Gasteiger partial charge in [-0.15, -0.1) is 0 Å². The van der Waals surface area contributed by atoms with Gasteiger partial charge in [0, 0.05) is 10.7 Å². The molecular formula is C20H15ClN4O2. The molecule has 1 aliphatic heterocycles. The lowest BCUT2D eigenvalue weighted by Crippen LogP contribution is -2.27. The number of halogens is 1. The minimum absolute atomic E-state index is 0.159. The van der Waals surface area contributed by atoms with E-state index >= 15 is 0 Å². The van der Waals surface area contributed by atoms with Crippen LogP contribution < -0.4 is 10.3 Å². The first-order valence-electron chi connectivity index (χ1n) is 8.12. The molecule has 0 saturated heterocycles. The van der Waals surface area contributed by atoms with Gasteiger partial charge in [-0.2, -0.15) is 15.4 Å². The van der Waals surface area contributed by atoms with Crippen LogP contribution in [0.4, 0.5) is 11.4 Å². The Morgan fingerprint density at radius 1 is 1.22 bits per heavy atom. The van der Waals surface area contributed by atoms with Crippen LogP contribution in [0.25, 0.3) is 0 Å². The van der Waals surface area contributed by atoms with Crippen molar-refractivity contribution in [2.24, 2.45) is 11.0 Å². The normalized spacial score (nSPS) is 16.7. The van der Waals surface area contributed by atoms with Gasteiger partial charge in [0.2, 0.25) is 0 Å². The lowest BCUT2D eigenvalue weighted by Gasteiger charge is -2.12. The number of hydrogen-bond donors (Lipinski definition) is 1. The van der Waals surface area contributed by atoms with Gasteiger partial charge in [0.05, 0.1) is 17.3 Å². The maximum absolute atomic E-state index is 12.7. The number of rotatable bonds is 4. The zero-order valence-electron chi connectivity index (χ0n) is 14.4. The third kappa shape index (κ3) is 4.05. The summed E-state index contributed by atoms with van der Waals surface area (Å²) in [5, 5.41) is 18.1. The number of nitriles is 1. The summed E-state index contributed by atoms with van der Waals surface area (Å²) in [5.74, 6) is -1.68. The van der Waals surface area contributed by atoms with Crippen LogP contribution >= 0.6 is 11.6 Å². The molecule has 2 aromatic rings. The fraction of sp³-hybridized carbons (Fsp3) is 0.100. The Labute approximate surface area is 161 Å². The van der Waals surface area contributed by atoms with Gasteiger partial charge in [-0.25, -0.2) is 0 Å². The molecule has 7 heteroatoms. The van der Waals surface area contributed by atoms with Crippen molar-refractivity contribution in [2.45, 2.75) is 6.92 Å². The van der Waals surface area contributed by atoms with E-state index in [0.29, 0.717) is 22.1 Å². The Kier molecular flexibility index (Phi) is 5.34. The number of hydrogen-bond acceptors (Lipinski definition) is 4. The van der Waals surface area contributed by atoms with E-state index in [1.807, 2.05) is 12.1 Å². The molecule has 2 amide bonds. The molecular weight excluding hydrogens is 364 g/mol. The molecule has 0 saturated carbocycles. The van der Waals surface area contributed by atoms with Crippen LogP contribution in [0, 0.1) is 17.2 Å². The largest absolute Gasteiger partial charge is 0.321 e. The number of nitrogens with zero attached hydrogens (tertiary/aromatic N) is 3. The third-order valence-electron chi connectivity index (χ3n) is 3.98. The van der Waals surface area contributed by atoms with Crippen molar-refractivity contribution < 1.29 is 9.59 Å². The molecule has 1 heterocycles. The Bertz CT molecular complexity index is 975. The second kappa shape index (κ2) is 7.85. The first-order valence-corrected chi connectivity index (χ1v) is 8.50. The van der Waals surface area contributed by atoms with Gasteiger partial charge in [0.25, 0.3) is 11.8 Å². The standard InChI is InChI=1S/C20H15ClN4O2/c1-13-18(20(27)25(24-13)17-5-3-2-4-6-17)11-14(12-22)19(26)23-16-9-7-15(21)8-10-16/h2-11,18H,1H3,(H,23,26)/b14-11-/t18-/m0/s1. The van der Waals surface area contributed by atoms with E-state index < -0.39 is 11.8 Å². The van der Waals surface area contributed by atoms with Gasteiger partial charge in [-0.3, -0.25) is 9.59 Å². The minimum Gasteiger partial charge on any atom is -0.321 e. The van der Waals surface area contributed by atoms with E-state index in [1.54, 1.807) is 55.5 Å². The zero-order chi connectivity index (χ0) is 19.4. The summed E-state index contributed by atoms with van der Waals surface area (Å²) in [5.41, 5.74) is 1.48. The van der Waals surface area contributed by atoms with Crippen molar-refractivity contribution in [2.75, 3.05) is 10.3 Å². The summed E-state index contributed by atoms with van der Waals surface area (Å²) >= 11 is 5.82. The molecule has 0 radical (unpaired) electrons. The number of benzene rings is 2. The smallest absolute Gasteiger partial charge is 0.266 e. The Morgan fingerprint density at radius 2 is 1.89 bits per heavy atom. The second-order valence-corrected chi connectivity index (χ2v) is 6.29. The topological polar surface area (TPSA) is 85.6 Å². The van der Waals surface area contributed by atoms with E-state index in [9.17, 15) is 14.9 Å². The predicted molar refractivity (Wildman–Crippen MR) is 104 cm³/mol. The minimum atomic E-state index is -0.768. The van der Waals surface area contributed by atoms with Gasteiger partial charge in [0.15, 0.2) is 0 Å². The fourth-order valence-electron chi connectivity index (χ4n) is 2.59. The Balaban J connectivity index is 1.80.